The molecule has 7 nitrogen and oxygen atoms in total. The maximum atomic E-state index is 12.4. The maximum absolute atomic E-state index is 12.4. The zero-order valence-corrected chi connectivity index (χ0v) is 16.9. The third kappa shape index (κ3) is 6.37. The summed E-state index contributed by atoms with van der Waals surface area (Å²) in [5.74, 6) is -0.190. The lowest BCUT2D eigenvalue weighted by Gasteiger charge is -2.31. The van der Waals surface area contributed by atoms with Crippen molar-refractivity contribution in [1.29, 1.82) is 0 Å². The van der Waals surface area contributed by atoms with Gasteiger partial charge in [-0.1, -0.05) is 48.0 Å². The summed E-state index contributed by atoms with van der Waals surface area (Å²) in [4.78, 5) is 26.3. The molecule has 0 unspecified atom stereocenters. The molecule has 0 spiro atoms. The minimum Gasteiger partial charge on any atom is -0.378 e. The lowest BCUT2D eigenvalue weighted by atomic mass is 10.2. The van der Waals surface area contributed by atoms with Crippen molar-refractivity contribution in [3.63, 3.8) is 0 Å². The molecule has 154 valence electrons. The molecule has 1 heterocycles. The van der Waals surface area contributed by atoms with E-state index in [2.05, 4.69) is 20.9 Å². The predicted octanol–water partition coefficient (Wildman–Crippen LogP) is 3.00. The van der Waals surface area contributed by atoms with Crippen LogP contribution >= 0.6 is 11.6 Å². The van der Waals surface area contributed by atoms with Crippen LogP contribution in [0.1, 0.15) is 12.0 Å². The number of benzene rings is 2. The summed E-state index contributed by atoms with van der Waals surface area (Å²) in [7, 11) is 0. The lowest BCUT2D eigenvalue weighted by Crippen LogP contribution is -2.37. The third-order valence-electron chi connectivity index (χ3n) is 4.52. The second-order valence-electron chi connectivity index (χ2n) is 6.63. The van der Waals surface area contributed by atoms with E-state index in [4.69, 9.17) is 16.3 Å². The SMILES string of the molecule is O=C(CCNC(=O)NCc1ccccc1)Nc1cccc(Cl)c1N1CCOCC1. The van der Waals surface area contributed by atoms with Gasteiger partial charge in [0.1, 0.15) is 0 Å². The molecular formula is C21H25ClN4O3. The van der Waals surface area contributed by atoms with Crippen molar-refractivity contribution in [2.75, 3.05) is 43.1 Å². The van der Waals surface area contributed by atoms with Crippen LogP contribution in [0.4, 0.5) is 16.2 Å². The zero-order chi connectivity index (χ0) is 20.5. The highest BCUT2D eigenvalue weighted by Crippen LogP contribution is 2.34. The number of nitrogens with zero attached hydrogens (tertiary/aromatic N) is 1. The maximum Gasteiger partial charge on any atom is 0.315 e. The topological polar surface area (TPSA) is 82.7 Å². The highest BCUT2D eigenvalue weighted by atomic mass is 35.5. The number of ether oxygens (including phenoxy) is 1. The molecule has 1 fully saturated rings. The summed E-state index contributed by atoms with van der Waals surface area (Å²) in [5.41, 5.74) is 2.48. The van der Waals surface area contributed by atoms with E-state index < -0.39 is 0 Å². The molecule has 1 aliphatic rings. The van der Waals surface area contributed by atoms with Gasteiger partial charge in [0, 0.05) is 32.6 Å². The van der Waals surface area contributed by atoms with Crippen LogP contribution in [0, 0.1) is 0 Å². The fourth-order valence-corrected chi connectivity index (χ4v) is 3.36. The van der Waals surface area contributed by atoms with Gasteiger partial charge in [-0.2, -0.15) is 0 Å². The van der Waals surface area contributed by atoms with Gasteiger partial charge in [-0.25, -0.2) is 4.79 Å². The van der Waals surface area contributed by atoms with Gasteiger partial charge in [-0.15, -0.1) is 0 Å². The van der Waals surface area contributed by atoms with Crippen LogP contribution in [0.25, 0.3) is 0 Å². The fourth-order valence-electron chi connectivity index (χ4n) is 3.07. The first-order valence-electron chi connectivity index (χ1n) is 9.60. The van der Waals surface area contributed by atoms with Crippen LogP contribution in [0.15, 0.2) is 48.5 Å². The van der Waals surface area contributed by atoms with Crippen molar-refractivity contribution in [2.45, 2.75) is 13.0 Å². The van der Waals surface area contributed by atoms with Gasteiger partial charge in [-0.3, -0.25) is 4.79 Å². The molecular weight excluding hydrogens is 392 g/mol. The molecule has 3 rings (SSSR count). The summed E-state index contributed by atoms with van der Waals surface area (Å²) in [6.45, 7) is 3.36. The average Bonchev–Trinajstić information content (AvgIpc) is 2.74. The quantitative estimate of drug-likeness (QED) is 0.648. The number of amides is 3. The molecule has 29 heavy (non-hydrogen) atoms. The number of hydrogen-bond donors (Lipinski definition) is 3. The molecule has 0 aromatic heterocycles. The van der Waals surface area contributed by atoms with Crippen molar-refractivity contribution in [2.24, 2.45) is 0 Å². The van der Waals surface area contributed by atoms with E-state index in [0.717, 1.165) is 24.3 Å². The number of anilines is 2. The van der Waals surface area contributed by atoms with Gasteiger partial charge < -0.3 is 25.6 Å². The van der Waals surface area contributed by atoms with Gasteiger partial charge >= 0.3 is 6.03 Å². The molecule has 1 saturated heterocycles. The minimum absolute atomic E-state index is 0.161. The van der Waals surface area contributed by atoms with E-state index in [9.17, 15) is 9.59 Å². The van der Waals surface area contributed by atoms with Crippen LogP contribution in [0.2, 0.25) is 5.02 Å². The van der Waals surface area contributed by atoms with Crippen LogP contribution < -0.4 is 20.9 Å². The highest BCUT2D eigenvalue weighted by molar-refractivity contribution is 6.34. The third-order valence-corrected chi connectivity index (χ3v) is 4.83. The highest BCUT2D eigenvalue weighted by Gasteiger charge is 2.19. The van der Waals surface area contributed by atoms with E-state index in [1.54, 1.807) is 12.1 Å². The van der Waals surface area contributed by atoms with Crippen LogP contribution in [-0.4, -0.2) is 44.8 Å². The van der Waals surface area contributed by atoms with Crippen LogP contribution in [-0.2, 0) is 16.1 Å². The Balaban J connectivity index is 1.46. The van der Waals surface area contributed by atoms with Gasteiger partial charge in [0.25, 0.3) is 0 Å². The Morgan fingerprint density at radius 1 is 1.00 bits per heavy atom. The smallest absolute Gasteiger partial charge is 0.315 e. The van der Waals surface area contributed by atoms with Crippen molar-refractivity contribution in [3.8, 4) is 0 Å². The second-order valence-corrected chi connectivity index (χ2v) is 7.04. The molecule has 0 saturated carbocycles. The van der Waals surface area contributed by atoms with E-state index >= 15 is 0 Å². The monoisotopic (exact) mass is 416 g/mol. The van der Waals surface area contributed by atoms with Gasteiger partial charge in [-0.05, 0) is 17.7 Å². The first-order chi connectivity index (χ1) is 14.1. The first-order valence-corrected chi connectivity index (χ1v) is 9.98. The van der Waals surface area contributed by atoms with Gasteiger partial charge in [0.15, 0.2) is 0 Å². The lowest BCUT2D eigenvalue weighted by molar-refractivity contribution is -0.116. The number of carbonyl (C=O) groups is 2. The van der Waals surface area contributed by atoms with Crippen LogP contribution in [0.5, 0.6) is 0 Å². The summed E-state index contributed by atoms with van der Waals surface area (Å²) < 4.78 is 5.39. The van der Waals surface area contributed by atoms with E-state index in [1.165, 1.54) is 0 Å². The molecule has 2 aromatic carbocycles. The molecule has 0 radical (unpaired) electrons. The molecule has 8 heteroatoms. The number of rotatable bonds is 7. The summed E-state index contributed by atoms with van der Waals surface area (Å²) in [5, 5.41) is 8.95. The Hall–Kier alpha value is -2.77. The standard InChI is InChI=1S/C21H25ClN4O3/c22-17-7-4-8-18(20(17)26-11-13-29-14-12-26)25-19(27)9-10-23-21(28)24-15-16-5-2-1-3-6-16/h1-8H,9-15H2,(H,25,27)(H2,23,24,28). The second kappa shape index (κ2) is 10.7. The van der Waals surface area contributed by atoms with E-state index in [-0.39, 0.29) is 24.9 Å². The van der Waals surface area contributed by atoms with Crippen molar-refractivity contribution < 1.29 is 14.3 Å². The number of halogens is 1. The van der Waals surface area contributed by atoms with Crippen molar-refractivity contribution >= 4 is 34.9 Å². The fraction of sp³-hybridized carbons (Fsp3) is 0.333. The number of para-hydroxylation sites is 1. The number of nitrogens with one attached hydrogen (secondary N) is 3. The molecule has 3 N–H and O–H groups in total. The van der Waals surface area contributed by atoms with Crippen molar-refractivity contribution in [1.82, 2.24) is 10.6 Å². The zero-order valence-electron chi connectivity index (χ0n) is 16.1. The van der Waals surface area contributed by atoms with E-state index in [1.807, 2.05) is 36.4 Å². The molecule has 3 amide bonds. The number of carbonyl (C=O) groups excluding carboxylic acids is 2. The van der Waals surface area contributed by atoms with E-state index in [0.29, 0.717) is 30.5 Å². The van der Waals surface area contributed by atoms with Crippen LogP contribution in [0.3, 0.4) is 0 Å². The van der Waals surface area contributed by atoms with Gasteiger partial charge in [0.05, 0.1) is 29.6 Å². The molecule has 0 aliphatic carbocycles. The Morgan fingerprint density at radius 2 is 1.76 bits per heavy atom. The Labute approximate surface area is 175 Å². The summed E-state index contributed by atoms with van der Waals surface area (Å²) in [6, 6.07) is 14.8. The Morgan fingerprint density at radius 3 is 2.52 bits per heavy atom. The molecule has 0 bridgehead atoms. The molecule has 1 aliphatic heterocycles. The van der Waals surface area contributed by atoms with Crippen molar-refractivity contribution in [3.05, 3.63) is 59.1 Å². The normalized spacial score (nSPS) is 13.6. The molecule has 2 aromatic rings. The first kappa shape index (κ1) is 21.0. The minimum atomic E-state index is -0.307. The number of hydrogen-bond acceptors (Lipinski definition) is 4. The van der Waals surface area contributed by atoms with Gasteiger partial charge in [0.2, 0.25) is 5.91 Å². The largest absolute Gasteiger partial charge is 0.378 e. The predicted molar refractivity (Wildman–Crippen MR) is 114 cm³/mol. The summed E-state index contributed by atoms with van der Waals surface area (Å²) in [6.07, 6.45) is 0.161. The number of urea groups is 1. The Kier molecular flexibility index (Phi) is 7.72. The molecule has 0 atom stereocenters. The summed E-state index contributed by atoms with van der Waals surface area (Å²) >= 11 is 6.38. The number of morpholine rings is 1. The Bertz CT molecular complexity index is 826. The average molecular weight is 417 g/mol.